The molecule has 1 rings (SSSR count). The van der Waals surface area contributed by atoms with E-state index in [1.807, 2.05) is 19.1 Å². The molecule has 2 amide bonds. The smallest absolute Gasteiger partial charge is 0.306 e. The molecule has 0 unspecified atom stereocenters. The van der Waals surface area contributed by atoms with Crippen molar-refractivity contribution in [3.05, 3.63) is 52.6 Å². The van der Waals surface area contributed by atoms with E-state index >= 15 is 0 Å². The zero-order valence-electron chi connectivity index (χ0n) is 14.2. The van der Waals surface area contributed by atoms with Gasteiger partial charge in [-0.05, 0) is 31.1 Å². The molecule has 6 nitrogen and oxygen atoms in total. The van der Waals surface area contributed by atoms with E-state index < -0.39 is 6.03 Å². The standard InChI is InChI=1S/C17H24ClN5O/c1-4-6-8-13(5-2)11-20-21-12-14-15(18)9-7-10-16(14)22-17(24)23(3)19/h5-11,21H,4,12,19H2,1-3H3,(H,22,24)/b8-6-,13-5+,20-11?. The highest BCUT2D eigenvalue weighted by Gasteiger charge is 2.11. The Balaban J connectivity index is 2.77. The number of urea groups is 1. The number of carbonyl (C=O) groups excluding carboxylic acids is 1. The molecular weight excluding hydrogens is 326 g/mol. The highest BCUT2D eigenvalue weighted by atomic mass is 35.5. The molecule has 0 spiro atoms. The van der Waals surface area contributed by atoms with E-state index in [4.69, 9.17) is 17.4 Å². The molecule has 1 aromatic carbocycles. The van der Waals surface area contributed by atoms with Crippen molar-refractivity contribution in [1.82, 2.24) is 10.4 Å². The van der Waals surface area contributed by atoms with Crippen molar-refractivity contribution >= 4 is 29.5 Å². The number of amides is 2. The van der Waals surface area contributed by atoms with Crippen molar-refractivity contribution < 1.29 is 4.79 Å². The molecule has 0 radical (unpaired) electrons. The van der Waals surface area contributed by atoms with Gasteiger partial charge in [0.05, 0.1) is 12.8 Å². The van der Waals surface area contributed by atoms with Gasteiger partial charge in [-0.15, -0.1) is 0 Å². The van der Waals surface area contributed by atoms with Crippen LogP contribution in [-0.2, 0) is 6.54 Å². The predicted molar refractivity (Wildman–Crippen MR) is 101 cm³/mol. The van der Waals surface area contributed by atoms with Crippen LogP contribution in [-0.4, -0.2) is 24.3 Å². The van der Waals surface area contributed by atoms with Gasteiger partial charge in [0.15, 0.2) is 0 Å². The molecule has 0 aliphatic rings. The predicted octanol–water partition coefficient (Wildman–Crippen LogP) is 3.67. The number of nitrogens with zero attached hydrogens (tertiary/aromatic N) is 2. The third kappa shape index (κ3) is 6.44. The Bertz CT molecular complexity index is 638. The number of nitrogens with two attached hydrogens (primary N) is 1. The normalized spacial score (nSPS) is 12.0. The zero-order valence-corrected chi connectivity index (χ0v) is 15.0. The minimum atomic E-state index is -0.428. The molecule has 0 aliphatic heterocycles. The van der Waals surface area contributed by atoms with E-state index in [9.17, 15) is 4.79 Å². The van der Waals surface area contributed by atoms with Gasteiger partial charge >= 0.3 is 6.03 Å². The molecule has 130 valence electrons. The van der Waals surface area contributed by atoms with E-state index in [1.54, 1.807) is 24.4 Å². The summed E-state index contributed by atoms with van der Waals surface area (Å²) in [5, 5.41) is 8.39. The number of hydrogen-bond donors (Lipinski definition) is 3. The molecule has 7 heteroatoms. The van der Waals surface area contributed by atoms with E-state index in [0.717, 1.165) is 22.6 Å². The number of allylic oxidation sites excluding steroid dienone is 4. The lowest BCUT2D eigenvalue weighted by molar-refractivity contribution is 0.223. The maximum Gasteiger partial charge on any atom is 0.335 e. The second kappa shape index (κ2) is 10.5. The summed E-state index contributed by atoms with van der Waals surface area (Å²) >= 11 is 6.22. The van der Waals surface area contributed by atoms with Crippen LogP contribution in [0, 0.1) is 0 Å². The van der Waals surface area contributed by atoms with Gasteiger partial charge in [0.1, 0.15) is 0 Å². The molecular formula is C17H24ClN5O. The van der Waals surface area contributed by atoms with Crippen molar-refractivity contribution in [2.24, 2.45) is 10.9 Å². The summed E-state index contributed by atoms with van der Waals surface area (Å²) in [6.07, 6.45) is 8.73. The summed E-state index contributed by atoms with van der Waals surface area (Å²) in [6, 6.07) is 4.85. The average Bonchev–Trinajstić information content (AvgIpc) is 2.56. The van der Waals surface area contributed by atoms with Crippen LogP contribution in [0.25, 0.3) is 0 Å². The number of anilines is 1. The van der Waals surface area contributed by atoms with Crippen molar-refractivity contribution in [2.45, 2.75) is 26.8 Å². The minimum Gasteiger partial charge on any atom is -0.306 e. The number of hydrogen-bond acceptors (Lipinski definition) is 4. The second-order valence-electron chi connectivity index (χ2n) is 5.00. The Morgan fingerprint density at radius 3 is 2.83 bits per heavy atom. The Hall–Kier alpha value is -2.31. The van der Waals surface area contributed by atoms with Crippen molar-refractivity contribution in [3.8, 4) is 0 Å². The van der Waals surface area contributed by atoms with Gasteiger partial charge in [-0.3, -0.25) is 5.01 Å². The summed E-state index contributed by atoms with van der Waals surface area (Å²) in [5.74, 6) is 5.42. The van der Waals surface area contributed by atoms with Crippen LogP contribution in [0.1, 0.15) is 25.8 Å². The maximum absolute atomic E-state index is 11.7. The minimum absolute atomic E-state index is 0.370. The number of rotatable bonds is 7. The first-order valence-corrected chi connectivity index (χ1v) is 8.03. The van der Waals surface area contributed by atoms with Crippen LogP contribution < -0.4 is 16.6 Å². The van der Waals surface area contributed by atoms with Crippen LogP contribution in [0.5, 0.6) is 0 Å². The first-order chi connectivity index (χ1) is 11.5. The molecule has 24 heavy (non-hydrogen) atoms. The summed E-state index contributed by atoms with van der Waals surface area (Å²) in [6.45, 7) is 4.39. The summed E-state index contributed by atoms with van der Waals surface area (Å²) in [4.78, 5) is 11.7. The maximum atomic E-state index is 11.7. The van der Waals surface area contributed by atoms with Crippen molar-refractivity contribution in [3.63, 3.8) is 0 Å². The third-order valence-corrected chi connectivity index (χ3v) is 3.47. The summed E-state index contributed by atoms with van der Waals surface area (Å²) < 4.78 is 0. The average molecular weight is 350 g/mol. The third-order valence-electron chi connectivity index (χ3n) is 3.12. The van der Waals surface area contributed by atoms with E-state index in [1.165, 1.54) is 7.05 Å². The monoisotopic (exact) mass is 349 g/mol. The molecule has 1 aromatic rings. The quantitative estimate of drug-likeness (QED) is 0.231. The molecule has 0 fully saturated rings. The van der Waals surface area contributed by atoms with E-state index in [2.05, 4.69) is 28.8 Å². The lowest BCUT2D eigenvalue weighted by Gasteiger charge is -2.15. The van der Waals surface area contributed by atoms with Gasteiger partial charge in [-0.25, -0.2) is 10.6 Å². The molecule has 0 aromatic heterocycles. The van der Waals surface area contributed by atoms with Gasteiger partial charge in [-0.1, -0.05) is 42.8 Å². The van der Waals surface area contributed by atoms with Crippen molar-refractivity contribution in [1.29, 1.82) is 0 Å². The largest absolute Gasteiger partial charge is 0.335 e. The number of carbonyl (C=O) groups is 1. The van der Waals surface area contributed by atoms with E-state index in [0.29, 0.717) is 17.3 Å². The van der Waals surface area contributed by atoms with Gasteiger partial charge in [0, 0.05) is 23.3 Å². The SMILES string of the molecule is C/C=C(C=NNCc1c(Cl)cccc1NC(=O)N(C)N)\C=C/CC. The van der Waals surface area contributed by atoms with Crippen molar-refractivity contribution in [2.75, 3.05) is 12.4 Å². The molecule has 0 aliphatic carbocycles. The fourth-order valence-corrected chi connectivity index (χ4v) is 2.01. The Morgan fingerprint density at radius 1 is 1.46 bits per heavy atom. The number of halogens is 1. The van der Waals surface area contributed by atoms with Crippen LogP contribution in [0.2, 0.25) is 5.02 Å². The highest BCUT2D eigenvalue weighted by molar-refractivity contribution is 6.31. The molecule has 0 saturated heterocycles. The number of hydrazone groups is 1. The van der Waals surface area contributed by atoms with Crippen LogP contribution in [0.15, 0.2) is 47.1 Å². The summed E-state index contributed by atoms with van der Waals surface area (Å²) in [5.41, 5.74) is 5.26. The Morgan fingerprint density at radius 2 is 2.21 bits per heavy atom. The summed E-state index contributed by atoms with van der Waals surface area (Å²) in [7, 11) is 1.46. The second-order valence-corrected chi connectivity index (χ2v) is 5.41. The molecule has 0 bridgehead atoms. The topological polar surface area (TPSA) is 82.8 Å². The Labute approximate surface area is 148 Å². The highest BCUT2D eigenvalue weighted by Crippen LogP contribution is 2.24. The molecule has 0 saturated carbocycles. The number of nitrogens with one attached hydrogen (secondary N) is 2. The van der Waals surface area contributed by atoms with Gasteiger partial charge in [0.2, 0.25) is 0 Å². The van der Waals surface area contributed by atoms with E-state index in [-0.39, 0.29) is 0 Å². The van der Waals surface area contributed by atoms with Crippen LogP contribution in [0.4, 0.5) is 10.5 Å². The zero-order chi connectivity index (χ0) is 17.9. The lowest BCUT2D eigenvalue weighted by Crippen LogP contribution is -2.37. The van der Waals surface area contributed by atoms with Gasteiger partial charge in [-0.2, -0.15) is 5.10 Å². The van der Waals surface area contributed by atoms with Gasteiger partial charge < -0.3 is 10.7 Å². The lowest BCUT2D eigenvalue weighted by atomic mass is 10.2. The number of benzene rings is 1. The number of hydrazine groups is 1. The van der Waals surface area contributed by atoms with Gasteiger partial charge in [0.25, 0.3) is 0 Å². The fraction of sp³-hybridized carbons (Fsp3) is 0.294. The molecule has 0 heterocycles. The molecule has 0 atom stereocenters. The fourth-order valence-electron chi connectivity index (χ4n) is 1.77. The van der Waals surface area contributed by atoms with Crippen LogP contribution >= 0.6 is 11.6 Å². The molecule has 4 N–H and O–H groups in total. The first-order valence-electron chi connectivity index (χ1n) is 7.65. The Kier molecular flexibility index (Phi) is 8.60. The first kappa shape index (κ1) is 19.7. The van der Waals surface area contributed by atoms with Crippen LogP contribution in [0.3, 0.4) is 0 Å².